The smallest absolute Gasteiger partial charge is 0.213 e. The van der Waals surface area contributed by atoms with Crippen LogP contribution < -0.4 is 5.73 Å². The number of hydrogen-bond acceptors (Lipinski definition) is 5. The summed E-state index contributed by atoms with van der Waals surface area (Å²) in [6.45, 7) is 0.223. The Morgan fingerprint density at radius 3 is 2.86 bits per heavy atom. The van der Waals surface area contributed by atoms with E-state index in [0.29, 0.717) is 17.5 Å². The second kappa shape index (κ2) is 5.31. The monoisotopic (exact) mass is 290 g/mol. The molecule has 2 unspecified atom stereocenters. The molecule has 4 N–H and O–H groups in total. The summed E-state index contributed by atoms with van der Waals surface area (Å²) < 4.78 is 19.1. The lowest BCUT2D eigenvalue weighted by atomic mass is 9.90. The second-order valence-corrected chi connectivity index (χ2v) is 4.97. The molecule has 21 heavy (non-hydrogen) atoms. The summed E-state index contributed by atoms with van der Waals surface area (Å²) in [5, 5.41) is 19.7. The molecule has 2 aromatic rings. The van der Waals surface area contributed by atoms with E-state index in [-0.39, 0.29) is 18.0 Å². The highest BCUT2D eigenvalue weighted by atomic mass is 19.1. The fourth-order valence-corrected chi connectivity index (χ4v) is 2.66. The Morgan fingerprint density at radius 2 is 2.14 bits per heavy atom. The third-order valence-corrected chi connectivity index (χ3v) is 3.70. The van der Waals surface area contributed by atoms with E-state index in [4.69, 9.17) is 10.5 Å². The Bertz CT molecular complexity index is 678. The van der Waals surface area contributed by atoms with E-state index in [1.807, 2.05) is 0 Å². The Labute approximate surface area is 120 Å². The standard InChI is InChI=1S/C15H15FN2O3/c16-14-5-8(3-4-18-14)12-6-10-9(13(7-17)21-12)1-2-11(19)15(10)20/h1-5,12-13,19-20H,6-7,17H2. The van der Waals surface area contributed by atoms with E-state index < -0.39 is 18.2 Å². The predicted molar refractivity (Wildman–Crippen MR) is 73.3 cm³/mol. The van der Waals surface area contributed by atoms with Crippen molar-refractivity contribution in [1.29, 1.82) is 0 Å². The summed E-state index contributed by atoms with van der Waals surface area (Å²) in [5.41, 5.74) is 7.67. The Balaban J connectivity index is 2.03. The first-order valence-electron chi connectivity index (χ1n) is 6.61. The van der Waals surface area contributed by atoms with Gasteiger partial charge in [-0.15, -0.1) is 0 Å². The number of fused-ring (bicyclic) bond motifs is 1. The predicted octanol–water partition coefficient (Wildman–Crippen LogP) is 1.95. The number of phenols is 2. The molecule has 5 nitrogen and oxygen atoms in total. The highest BCUT2D eigenvalue weighted by Gasteiger charge is 2.30. The van der Waals surface area contributed by atoms with Gasteiger partial charge < -0.3 is 20.7 Å². The van der Waals surface area contributed by atoms with Crippen LogP contribution in [0.15, 0.2) is 30.5 Å². The highest BCUT2D eigenvalue weighted by molar-refractivity contribution is 5.51. The normalized spacial score (nSPS) is 21.0. The van der Waals surface area contributed by atoms with Crippen LogP contribution in [-0.2, 0) is 11.2 Å². The number of nitrogens with zero attached hydrogens (tertiary/aromatic N) is 1. The van der Waals surface area contributed by atoms with Crippen LogP contribution in [0.5, 0.6) is 11.5 Å². The van der Waals surface area contributed by atoms with Gasteiger partial charge in [-0.2, -0.15) is 4.39 Å². The average Bonchev–Trinajstić information content (AvgIpc) is 2.50. The number of halogens is 1. The minimum atomic E-state index is -0.591. The van der Waals surface area contributed by atoms with Crippen LogP contribution in [0.3, 0.4) is 0 Å². The number of aromatic nitrogens is 1. The molecule has 0 saturated heterocycles. The summed E-state index contributed by atoms with van der Waals surface area (Å²) in [6.07, 6.45) is 0.830. The fourth-order valence-electron chi connectivity index (χ4n) is 2.66. The maximum atomic E-state index is 13.3. The van der Waals surface area contributed by atoms with Crippen LogP contribution in [-0.4, -0.2) is 21.7 Å². The number of hydrogen-bond donors (Lipinski definition) is 3. The summed E-state index contributed by atoms with van der Waals surface area (Å²) >= 11 is 0. The van der Waals surface area contributed by atoms with Gasteiger partial charge in [0.05, 0.1) is 12.2 Å². The van der Waals surface area contributed by atoms with Crippen molar-refractivity contribution in [3.63, 3.8) is 0 Å². The molecule has 0 aliphatic carbocycles. The zero-order valence-corrected chi connectivity index (χ0v) is 11.2. The van der Waals surface area contributed by atoms with Crippen LogP contribution in [0.1, 0.15) is 28.9 Å². The number of benzene rings is 1. The van der Waals surface area contributed by atoms with Gasteiger partial charge in [-0.05, 0) is 29.3 Å². The van der Waals surface area contributed by atoms with Crippen molar-refractivity contribution in [3.8, 4) is 11.5 Å². The van der Waals surface area contributed by atoms with Crippen LogP contribution >= 0.6 is 0 Å². The third-order valence-electron chi connectivity index (χ3n) is 3.70. The average molecular weight is 290 g/mol. The number of nitrogens with two attached hydrogens (primary N) is 1. The molecule has 110 valence electrons. The highest BCUT2D eigenvalue weighted by Crippen LogP contribution is 2.43. The topological polar surface area (TPSA) is 88.6 Å². The number of aromatic hydroxyl groups is 2. The van der Waals surface area contributed by atoms with Crippen molar-refractivity contribution in [1.82, 2.24) is 4.98 Å². The van der Waals surface area contributed by atoms with Crippen molar-refractivity contribution in [2.45, 2.75) is 18.6 Å². The van der Waals surface area contributed by atoms with Gasteiger partial charge in [0, 0.05) is 24.7 Å². The SMILES string of the molecule is NCC1OC(c2ccnc(F)c2)Cc2c1ccc(O)c2O. The molecular formula is C15H15FN2O3. The Kier molecular flexibility index (Phi) is 3.48. The van der Waals surface area contributed by atoms with Crippen molar-refractivity contribution in [2.24, 2.45) is 5.73 Å². The third kappa shape index (κ3) is 2.43. The number of rotatable bonds is 2. The van der Waals surface area contributed by atoms with Gasteiger partial charge in [0.1, 0.15) is 0 Å². The lowest BCUT2D eigenvalue weighted by Gasteiger charge is -2.32. The molecule has 2 atom stereocenters. The van der Waals surface area contributed by atoms with E-state index in [1.54, 1.807) is 12.1 Å². The van der Waals surface area contributed by atoms with Crippen LogP contribution in [0, 0.1) is 5.95 Å². The van der Waals surface area contributed by atoms with Crippen molar-refractivity contribution < 1.29 is 19.3 Å². The summed E-state index contributed by atoms with van der Waals surface area (Å²) in [4.78, 5) is 3.51. The molecule has 1 aliphatic heterocycles. The first-order valence-corrected chi connectivity index (χ1v) is 6.61. The van der Waals surface area contributed by atoms with Gasteiger partial charge in [0.2, 0.25) is 5.95 Å². The Morgan fingerprint density at radius 1 is 1.33 bits per heavy atom. The number of ether oxygens (including phenoxy) is 1. The molecule has 6 heteroatoms. The zero-order chi connectivity index (χ0) is 15.0. The van der Waals surface area contributed by atoms with Gasteiger partial charge in [-0.1, -0.05) is 6.07 Å². The van der Waals surface area contributed by atoms with Gasteiger partial charge >= 0.3 is 0 Å². The maximum absolute atomic E-state index is 13.3. The van der Waals surface area contributed by atoms with E-state index in [9.17, 15) is 14.6 Å². The molecular weight excluding hydrogens is 275 g/mol. The molecule has 1 aliphatic rings. The van der Waals surface area contributed by atoms with E-state index in [0.717, 1.165) is 5.56 Å². The molecule has 0 bridgehead atoms. The number of pyridine rings is 1. The molecule has 0 fully saturated rings. The van der Waals surface area contributed by atoms with Crippen molar-refractivity contribution >= 4 is 0 Å². The molecule has 0 saturated carbocycles. The molecule has 1 aromatic carbocycles. The maximum Gasteiger partial charge on any atom is 0.213 e. The molecule has 1 aromatic heterocycles. The number of phenolic OH excluding ortho intramolecular Hbond substituents is 2. The lowest BCUT2D eigenvalue weighted by molar-refractivity contribution is -0.0232. The van der Waals surface area contributed by atoms with E-state index >= 15 is 0 Å². The Hall–Kier alpha value is -2.18. The summed E-state index contributed by atoms with van der Waals surface area (Å²) in [5.74, 6) is -0.953. The van der Waals surface area contributed by atoms with E-state index in [1.165, 1.54) is 18.3 Å². The molecule has 0 spiro atoms. The molecule has 0 amide bonds. The van der Waals surface area contributed by atoms with Crippen LogP contribution in [0.4, 0.5) is 4.39 Å². The van der Waals surface area contributed by atoms with Gasteiger partial charge in [-0.3, -0.25) is 0 Å². The minimum Gasteiger partial charge on any atom is -0.504 e. The molecule has 2 heterocycles. The minimum absolute atomic E-state index is 0.172. The largest absolute Gasteiger partial charge is 0.504 e. The molecule has 0 radical (unpaired) electrons. The van der Waals surface area contributed by atoms with Crippen LogP contribution in [0.25, 0.3) is 0 Å². The van der Waals surface area contributed by atoms with Crippen LogP contribution in [0.2, 0.25) is 0 Å². The van der Waals surface area contributed by atoms with Gasteiger partial charge in [-0.25, -0.2) is 4.98 Å². The fraction of sp³-hybridized carbons (Fsp3) is 0.267. The second-order valence-electron chi connectivity index (χ2n) is 4.97. The van der Waals surface area contributed by atoms with Crippen molar-refractivity contribution in [3.05, 3.63) is 53.1 Å². The lowest BCUT2D eigenvalue weighted by Crippen LogP contribution is -2.26. The quantitative estimate of drug-likeness (QED) is 0.581. The van der Waals surface area contributed by atoms with E-state index in [2.05, 4.69) is 4.98 Å². The zero-order valence-electron chi connectivity index (χ0n) is 11.2. The molecule has 3 rings (SSSR count). The van der Waals surface area contributed by atoms with Crippen molar-refractivity contribution in [2.75, 3.05) is 6.54 Å². The summed E-state index contributed by atoms with van der Waals surface area (Å²) in [7, 11) is 0. The van der Waals surface area contributed by atoms with Gasteiger partial charge in [0.25, 0.3) is 0 Å². The van der Waals surface area contributed by atoms with Gasteiger partial charge in [0.15, 0.2) is 11.5 Å². The first-order chi connectivity index (χ1) is 10.1. The summed E-state index contributed by atoms with van der Waals surface area (Å²) in [6, 6.07) is 6.05. The first kappa shape index (κ1) is 13.8.